The van der Waals surface area contributed by atoms with Crippen molar-refractivity contribution in [1.82, 2.24) is 0 Å². The van der Waals surface area contributed by atoms with Crippen LogP contribution in [0.1, 0.15) is 26.7 Å². The van der Waals surface area contributed by atoms with E-state index in [2.05, 4.69) is 0 Å². The minimum absolute atomic E-state index is 0. The molecule has 0 bridgehead atoms. The van der Waals surface area contributed by atoms with Crippen LogP contribution in [-0.4, -0.2) is 5.78 Å². The molecule has 8 heavy (non-hydrogen) atoms. The van der Waals surface area contributed by atoms with E-state index < -0.39 is 0 Å². The predicted octanol–water partition coefficient (Wildman–Crippen LogP) is 1.58. The summed E-state index contributed by atoms with van der Waals surface area (Å²) in [6.45, 7) is 3.58. The average molecular weight is 285 g/mol. The molecule has 1 nitrogen and oxygen atoms in total. The normalized spacial score (nSPS) is 7.75. The molecule has 1 radical (unpaired) electrons. The summed E-state index contributed by atoms with van der Waals surface area (Å²) in [6, 6.07) is 0. The summed E-state index contributed by atoms with van der Waals surface area (Å²) >= 11 is 0. The summed E-state index contributed by atoms with van der Waals surface area (Å²) in [4.78, 5) is 10.2. The van der Waals surface area contributed by atoms with E-state index in [0.717, 1.165) is 6.42 Å². The zero-order chi connectivity index (χ0) is 5.70. The molecule has 0 aliphatic rings. The van der Waals surface area contributed by atoms with Crippen LogP contribution in [-0.2, 0) is 25.2 Å². The maximum atomic E-state index is 10.2. The molecular weight excluding hydrogens is 274 g/mol. The third kappa shape index (κ3) is 9.59. The van der Waals surface area contributed by atoms with Gasteiger partial charge >= 0.3 is 0 Å². The third-order valence-electron chi connectivity index (χ3n) is 0.785. The van der Waals surface area contributed by atoms with Gasteiger partial charge in [-0.1, -0.05) is 0 Å². The molecule has 0 N–H and O–H groups in total. The Labute approximate surface area is 64.5 Å². The van der Waals surface area contributed by atoms with Crippen molar-refractivity contribution >= 4 is 5.78 Å². The zero-order valence-electron chi connectivity index (χ0n) is 5.28. The van der Waals surface area contributed by atoms with Gasteiger partial charge in [0.2, 0.25) is 0 Å². The molecule has 0 heterocycles. The van der Waals surface area contributed by atoms with Gasteiger partial charge in [0, 0.05) is 20.4 Å². The van der Waals surface area contributed by atoms with Crippen LogP contribution in [0.5, 0.6) is 0 Å². The molecule has 0 aromatic heterocycles. The molecule has 0 saturated heterocycles. The average Bonchev–Trinajstić information content (AvgIpc) is 1.61. The molecule has 49 valence electrons. The first kappa shape index (κ1) is 11.2. The molecule has 0 aliphatic heterocycles. The molecule has 0 rings (SSSR count). The van der Waals surface area contributed by atoms with Gasteiger partial charge in [-0.25, -0.2) is 0 Å². The number of carbonyl (C=O) groups is 1. The Balaban J connectivity index is 0. The van der Waals surface area contributed by atoms with Crippen LogP contribution >= 0.6 is 0 Å². The maximum absolute atomic E-state index is 10.2. The second-order valence-corrected chi connectivity index (χ2v) is 1.65. The van der Waals surface area contributed by atoms with Gasteiger partial charge in [-0.2, -0.15) is 13.3 Å². The van der Waals surface area contributed by atoms with Crippen molar-refractivity contribution in [1.29, 1.82) is 0 Å². The van der Waals surface area contributed by atoms with E-state index in [1.54, 1.807) is 6.92 Å². The van der Waals surface area contributed by atoms with E-state index in [4.69, 9.17) is 0 Å². The number of rotatable bonds is 3. The van der Waals surface area contributed by atoms with Crippen LogP contribution in [0.3, 0.4) is 0 Å². The van der Waals surface area contributed by atoms with Gasteiger partial charge in [-0.15, -0.1) is 0 Å². The predicted molar refractivity (Wildman–Crippen MR) is 29.9 cm³/mol. The van der Waals surface area contributed by atoms with Crippen molar-refractivity contribution < 1.29 is 25.2 Å². The summed E-state index contributed by atoms with van der Waals surface area (Å²) in [5.74, 6) is 0.276. The fourth-order valence-corrected chi connectivity index (χ4v) is 0.348. The van der Waals surface area contributed by atoms with E-state index in [-0.39, 0.29) is 26.2 Å². The maximum Gasteiger partial charge on any atom is 0.127 e. The molecule has 0 spiro atoms. The van der Waals surface area contributed by atoms with Crippen LogP contribution in [0.15, 0.2) is 0 Å². The second kappa shape index (κ2) is 7.33. The Bertz CT molecular complexity index is 61.5. The molecule has 0 aromatic rings. The molecule has 2 heteroatoms. The van der Waals surface area contributed by atoms with Crippen molar-refractivity contribution in [2.75, 3.05) is 0 Å². The zero-order valence-corrected chi connectivity index (χ0v) is 7.99. The molecule has 0 aromatic carbocycles. The molecule has 0 fully saturated rings. The number of carbonyl (C=O) groups excluding carboxylic acids is 1. The van der Waals surface area contributed by atoms with Crippen molar-refractivity contribution in [2.24, 2.45) is 0 Å². The first-order valence-electron chi connectivity index (χ1n) is 2.54. The topological polar surface area (TPSA) is 17.1 Å². The molecule has 0 atom stereocenters. The van der Waals surface area contributed by atoms with Gasteiger partial charge in [0.05, 0.1) is 0 Å². The largest absolute Gasteiger partial charge is 0.331 e. The summed E-state index contributed by atoms with van der Waals surface area (Å²) in [5, 5.41) is 0. The van der Waals surface area contributed by atoms with E-state index >= 15 is 0 Å². The summed E-state index contributed by atoms with van der Waals surface area (Å²) < 4.78 is 0. The van der Waals surface area contributed by atoms with Gasteiger partial charge in [-0.3, -0.25) is 0 Å². The third-order valence-corrected chi connectivity index (χ3v) is 0.785. The number of Topliss-reactive ketones (excluding diaryl/α,β-unsaturated/α-hetero) is 1. The first-order valence-corrected chi connectivity index (χ1v) is 2.54. The minimum atomic E-state index is 0. The van der Waals surface area contributed by atoms with Gasteiger partial charge in [0.15, 0.2) is 0 Å². The molecule has 0 unspecified atom stereocenters. The van der Waals surface area contributed by atoms with Crippen molar-refractivity contribution in [3.63, 3.8) is 0 Å². The van der Waals surface area contributed by atoms with E-state index in [1.807, 2.05) is 13.3 Å². The van der Waals surface area contributed by atoms with Crippen molar-refractivity contribution in [2.45, 2.75) is 26.7 Å². The Kier molecular flexibility index (Phi) is 10.2. The second-order valence-electron chi connectivity index (χ2n) is 1.65. The summed E-state index contributed by atoms with van der Waals surface area (Å²) in [5.41, 5.74) is 0. The summed E-state index contributed by atoms with van der Waals surface area (Å²) in [7, 11) is 0. The van der Waals surface area contributed by atoms with E-state index in [0.29, 0.717) is 6.42 Å². The first-order chi connectivity index (χ1) is 3.27. The molecule has 0 saturated carbocycles. The van der Waals surface area contributed by atoms with Crippen LogP contribution in [0.25, 0.3) is 0 Å². The summed E-state index contributed by atoms with van der Waals surface area (Å²) in [6.07, 6.45) is 3.63. The van der Waals surface area contributed by atoms with Crippen LogP contribution in [0, 0.1) is 6.42 Å². The van der Waals surface area contributed by atoms with Gasteiger partial charge in [0.1, 0.15) is 5.78 Å². The van der Waals surface area contributed by atoms with Gasteiger partial charge in [0.25, 0.3) is 0 Å². The van der Waals surface area contributed by atoms with Gasteiger partial charge < -0.3 is 11.2 Å². The number of ketones is 1. The standard InChI is InChI=1S/C6H11O.Re/c1-3-4-5-6(2)7;/h3H,4-5H2,1-2H3;/q-1;. The molecular formula is C6H11ORe-. The SMILES string of the molecule is C[CH-]CCC(C)=O.[Re]. The van der Waals surface area contributed by atoms with E-state index in [9.17, 15) is 4.79 Å². The van der Waals surface area contributed by atoms with Crippen LogP contribution in [0.4, 0.5) is 0 Å². The fraction of sp³-hybridized carbons (Fsp3) is 0.667. The van der Waals surface area contributed by atoms with Crippen molar-refractivity contribution in [3.05, 3.63) is 6.42 Å². The number of hydrogen-bond donors (Lipinski definition) is 0. The monoisotopic (exact) mass is 286 g/mol. The smallest absolute Gasteiger partial charge is 0.127 e. The quantitative estimate of drug-likeness (QED) is 0.720. The van der Waals surface area contributed by atoms with Crippen LogP contribution in [0.2, 0.25) is 0 Å². The number of unbranched alkanes of at least 4 members (excludes halogenated alkanes) is 1. The van der Waals surface area contributed by atoms with Crippen molar-refractivity contribution in [3.8, 4) is 0 Å². The molecule has 0 aliphatic carbocycles. The molecule has 0 amide bonds. The Morgan fingerprint density at radius 1 is 1.62 bits per heavy atom. The van der Waals surface area contributed by atoms with E-state index in [1.165, 1.54) is 0 Å². The number of hydrogen-bond acceptors (Lipinski definition) is 1. The Morgan fingerprint density at radius 2 is 2.12 bits per heavy atom. The fourth-order valence-electron chi connectivity index (χ4n) is 0.348. The Morgan fingerprint density at radius 3 is 2.25 bits per heavy atom. The minimum Gasteiger partial charge on any atom is -0.331 e. The van der Waals surface area contributed by atoms with Crippen LogP contribution < -0.4 is 0 Å². The Hall–Kier alpha value is 0.332. The van der Waals surface area contributed by atoms with Gasteiger partial charge in [-0.05, 0) is 13.3 Å².